The predicted molar refractivity (Wildman–Crippen MR) is 92.2 cm³/mol. The molecule has 1 heterocycles. The van der Waals surface area contributed by atoms with Gasteiger partial charge in [-0.2, -0.15) is 0 Å². The number of imide groups is 1. The van der Waals surface area contributed by atoms with Gasteiger partial charge in [0.1, 0.15) is 12.1 Å². The van der Waals surface area contributed by atoms with Crippen LogP contribution in [0.15, 0.2) is 0 Å². The Bertz CT molecular complexity index is 606. The van der Waals surface area contributed by atoms with Gasteiger partial charge in [0.2, 0.25) is 5.91 Å². The summed E-state index contributed by atoms with van der Waals surface area (Å²) in [5, 5.41) is 11.9. The number of likely N-dealkylation sites (N-methyl/N-ethyl adjacent to an activating group) is 1. The molecule has 1 saturated heterocycles. The van der Waals surface area contributed by atoms with Gasteiger partial charge in [-0.25, -0.2) is 4.79 Å². The predicted octanol–water partition coefficient (Wildman–Crippen LogP) is 1.34. The van der Waals surface area contributed by atoms with E-state index >= 15 is 0 Å². The second-order valence-electron chi connectivity index (χ2n) is 7.78. The summed E-state index contributed by atoms with van der Waals surface area (Å²) in [6.45, 7) is -0.261. The van der Waals surface area contributed by atoms with E-state index in [9.17, 15) is 19.2 Å². The zero-order chi connectivity index (χ0) is 18.9. The van der Waals surface area contributed by atoms with Crippen LogP contribution in [0.2, 0.25) is 0 Å². The molecule has 2 saturated carbocycles. The van der Waals surface area contributed by atoms with Crippen molar-refractivity contribution >= 4 is 23.8 Å². The average molecular weight is 365 g/mol. The number of urea groups is 1. The number of hydrogen-bond donors (Lipinski definition) is 2. The van der Waals surface area contributed by atoms with Gasteiger partial charge in [0, 0.05) is 13.1 Å². The van der Waals surface area contributed by atoms with E-state index in [1.165, 1.54) is 4.90 Å². The first kappa shape index (κ1) is 18.7. The molecule has 3 aliphatic rings. The smallest absolute Gasteiger partial charge is 0.327 e. The van der Waals surface area contributed by atoms with Gasteiger partial charge < -0.3 is 15.3 Å². The topological polar surface area (TPSA) is 107 Å². The molecular formula is C18H27N3O5. The first-order chi connectivity index (χ1) is 12.3. The third-order valence-electron chi connectivity index (χ3n) is 6.23. The number of carbonyl (C=O) groups is 4. The molecule has 0 aromatic carbocycles. The van der Waals surface area contributed by atoms with E-state index in [2.05, 4.69) is 5.32 Å². The second-order valence-corrected chi connectivity index (χ2v) is 7.78. The third kappa shape index (κ3) is 3.29. The van der Waals surface area contributed by atoms with E-state index < -0.39 is 17.5 Å². The first-order valence-corrected chi connectivity index (χ1v) is 9.47. The number of carbonyl (C=O) groups excluding carboxylic acids is 3. The molecule has 0 aromatic rings. The average Bonchev–Trinajstić information content (AvgIpc) is 2.79. The van der Waals surface area contributed by atoms with Gasteiger partial charge >= 0.3 is 12.0 Å². The molecule has 1 spiro atoms. The molecule has 2 N–H and O–H groups in total. The SMILES string of the molecule is CN1C(=O)N(CC(=O)NC2CCC(C(=O)O)CC2)C(=O)C12CCCCC2. The molecule has 0 unspecified atom stereocenters. The molecule has 3 fully saturated rings. The Hall–Kier alpha value is -2.12. The number of nitrogens with zero attached hydrogens (tertiary/aromatic N) is 2. The molecule has 0 radical (unpaired) electrons. The van der Waals surface area contributed by atoms with E-state index in [0.717, 1.165) is 24.2 Å². The number of rotatable bonds is 4. The van der Waals surface area contributed by atoms with E-state index in [-0.39, 0.29) is 30.3 Å². The highest BCUT2D eigenvalue weighted by Crippen LogP contribution is 2.39. The summed E-state index contributed by atoms with van der Waals surface area (Å²) in [4.78, 5) is 51.3. The van der Waals surface area contributed by atoms with Crippen molar-refractivity contribution in [3.8, 4) is 0 Å². The summed E-state index contributed by atoms with van der Waals surface area (Å²) >= 11 is 0. The molecular weight excluding hydrogens is 338 g/mol. The van der Waals surface area contributed by atoms with E-state index in [1.54, 1.807) is 7.05 Å². The fourth-order valence-electron chi connectivity index (χ4n) is 4.57. The van der Waals surface area contributed by atoms with Crippen molar-refractivity contribution in [2.24, 2.45) is 5.92 Å². The summed E-state index contributed by atoms with van der Waals surface area (Å²) in [5.74, 6) is -1.74. The molecule has 4 amide bonds. The summed E-state index contributed by atoms with van der Waals surface area (Å²) in [6, 6.07) is -0.492. The highest BCUT2D eigenvalue weighted by atomic mass is 16.4. The Labute approximate surface area is 152 Å². The molecule has 2 aliphatic carbocycles. The summed E-state index contributed by atoms with van der Waals surface area (Å²) in [5.41, 5.74) is -0.769. The number of nitrogens with one attached hydrogen (secondary N) is 1. The Morgan fingerprint density at radius 3 is 2.31 bits per heavy atom. The maximum Gasteiger partial charge on any atom is 0.327 e. The first-order valence-electron chi connectivity index (χ1n) is 9.47. The van der Waals surface area contributed by atoms with E-state index in [4.69, 9.17) is 5.11 Å². The van der Waals surface area contributed by atoms with Crippen molar-refractivity contribution in [2.75, 3.05) is 13.6 Å². The number of carboxylic acids is 1. The zero-order valence-electron chi connectivity index (χ0n) is 15.2. The van der Waals surface area contributed by atoms with Crippen LogP contribution >= 0.6 is 0 Å². The van der Waals surface area contributed by atoms with Crippen LogP contribution in [0.25, 0.3) is 0 Å². The summed E-state index contributed by atoms with van der Waals surface area (Å²) in [6.07, 6.45) is 6.49. The second kappa shape index (κ2) is 7.25. The lowest BCUT2D eigenvalue weighted by Crippen LogP contribution is -2.50. The fraction of sp³-hybridized carbons (Fsp3) is 0.778. The van der Waals surface area contributed by atoms with Crippen molar-refractivity contribution in [3.05, 3.63) is 0 Å². The van der Waals surface area contributed by atoms with Gasteiger partial charge in [-0.3, -0.25) is 19.3 Å². The Kier molecular flexibility index (Phi) is 5.20. The van der Waals surface area contributed by atoms with Crippen LogP contribution in [0, 0.1) is 5.92 Å². The van der Waals surface area contributed by atoms with Crippen molar-refractivity contribution in [2.45, 2.75) is 69.4 Å². The molecule has 8 nitrogen and oxygen atoms in total. The lowest BCUT2D eigenvalue weighted by atomic mass is 9.81. The van der Waals surface area contributed by atoms with Crippen molar-refractivity contribution < 1.29 is 24.3 Å². The minimum atomic E-state index is -0.788. The molecule has 26 heavy (non-hydrogen) atoms. The van der Waals surface area contributed by atoms with Gasteiger partial charge in [0.05, 0.1) is 5.92 Å². The Balaban J connectivity index is 1.57. The van der Waals surface area contributed by atoms with Crippen molar-refractivity contribution in [3.63, 3.8) is 0 Å². The van der Waals surface area contributed by atoms with Crippen LogP contribution in [0.5, 0.6) is 0 Å². The van der Waals surface area contributed by atoms with Crippen molar-refractivity contribution in [1.82, 2.24) is 15.1 Å². The molecule has 0 bridgehead atoms. The molecule has 0 aromatic heterocycles. The highest BCUT2D eigenvalue weighted by molar-refractivity contribution is 6.08. The number of carboxylic acid groups (broad SMARTS) is 1. The minimum absolute atomic E-state index is 0.0905. The Morgan fingerprint density at radius 1 is 1.12 bits per heavy atom. The van der Waals surface area contributed by atoms with Gasteiger partial charge in [-0.15, -0.1) is 0 Å². The van der Waals surface area contributed by atoms with Crippen LogP contribution in [-0.4, -0.2) is 63.9 Å². The maximum atomic E-state index is 12.9. The fourth-order valence-corrected chi connectivity index (χ4v) is 4.57. The lowest BCUT2D eigenvalue weighted by Gasteiger charge is -2.35. The van der Waals surface area contributed by atoms with Crippen LogP contribution in [0.4, 0.5) is 4.79 Å². The largest absolute Gasteiger partial charge is 0.481 e. The molecule has 1 aliphatic heterocycles. The van der Waals surface area contributed by atoms with Gasteiger partial charge in [-0.05, 0) is 38.5 Å². The molecule has 3 rings (SSSR count). The normalized spacial score (nSPS) is 28.5. The molecule has 144 valence electrons. The van der Waals surface area contributed by atoms with Gasteiger partial charge in [0.25, 0.3) is 5.91 Å². The number of aliphatic carboxylic acids is 1. The highest BCUT2D eigenvalue weighted by Gasteiger charge is 2.55. The van der Waals surface area contributed by atoms with Crippen LogP contribution in [-0.2, 0) is 14.4 Å². The number of amides is 4. The van der Waals surface area contributed by atoms with Crippen molar-refractivity contribution in [1.29, 1.82) is 0 Å². The third-order valence-corrected chi connectivity index (χ3v) is 6.23. The lowest BCUT2D eigenvalue weighted by molar-refractivity contribution is -0.143. The maximum absolute atomic E-state index is 12.9. The molecule has 8 heteroatoms. The zero-order valence-corrected chi connectivity index (χ0v) is 15.2. The monoisotopic (exact) mass is 365 g/mol. The standard InChI is InChI=1S/C18H27N3O5/c1-20-17(26)21(16(25)18(20)9-3-2-4-10-18)11-14(22)19-13-7-5-12(6-8-13)15(23)24/h12-13H,2-11H2,1H3,(H,19,22)(H,23,24). The van der Waals surface area contributed by atoms with Crippen LogP contribution in [0.3, 0.4) is 0 Å². The van der Waals surface area contributed by atoms with Gasteiger partial charge in [-0.1, -0.05) is 19.3 Å². The van der Waals surface area contributed by atoms with E-state index in [0.29, 0.717) is 38.5 Å². The van der Waals surface area contributed by atoms with Crippen LogP contribution in [0.1, 0.15) is 57.8 Å². The summed E-state index contributed by atoms with van der Waals surface area (Å²) < 4.78 is 0. The molecule has 0 atom stereocenters. The summed E-state index contributed by atoms with van der Waals surface area (Å²) in [7, 11) is 1.65. The Morgan fingerprint density at radius 2 is 1.73 bits per heavy atom. The quantitative estimate of drug-likeness (QED) is 0.731. The van der Waals surface area contributed by atoms with Crippen LogP contribution < -0.4 is 5.32 Å². The van der Waals surface area contributed by atoms with Gasteiger partial charge in [0.15, 0.2) is 0 Å². The number of hydrogen-bond acceptors (Lipinski definition) is 4. The van der Waals surface area contributed by atoms with E-state index in [1.807, 2.05) is 0 Å². The minimum Gasteiger partial charge on any atom is -0.481 e.